The van der Waals surface area contributed by atoms with Crippen LogP contribution < -0.4 is 5.32 Å². The summed E-state index contributed by atoms with van der Waals surface area (Å²) in [5.74, 6) is 0.231. The average molecular weight is 363 g/mol. The van der Waals surface area contributed by atoms with Crippen molar-refractivity contribution in [2.75, 3.05) is 40.0 Å². The molecular formula is C18H35ClN2O3. The van der Waals surface area contributed by atoms with Crippen LogP contribution >= 0.6 is 12.4 Å². The number of hydrogen-bond acceptors (Lipinski definition) is 4. The molecule has 2 aliphatic rings. The molecule has 1 N–H and O–H groups in total. The fourth-order valence-electron chi connectivity index (χ4n) is 4.45. The van der Waals surface area contributed by atoms with E-state index in [2.05, 4.69) is 24.1 Å². The van der Waals surface area contributed by atoms with Gasteiger partial charge in [-0.25, -0.2) is 0 Å². The van der Waals surface area contributed by atoms with E-state index in [1.54, 1.807) is 7.11 Å². The number of hydrogen-bond donors (Lipinski definition) is 1. The van der Waals surface area contributed by atoms with Gasteiger partial charge < -0.3 is 19.7 Å². The Kier molecular flexibility index (Phi) is 9.57. The zero-order valence-electron chi connectivity index (χ0n) is 15.5. The average Bonchev–Trinajstić information content (AvgIpc) is 3.06. The van der Waals surface area contributed by atoms with E-state index in [4.69, 9.17) is 9.47 Å². The number of halogens is 1. The molecule has 2 unspecified atom stereocenters. The molecule has 2 atom stereocenters. The van der Waals surface area contributed by atoms with Gasteiger partial charge in [0.15, 0.2) is 0 Å². The van der Waals surface area contributed by atoms with Gasteiger partial charge in [-0.15, -0.1) is 12.4 Å². The number of carbonyl (C=O) groups excluding carboxylic acids is 1. The first-order valence-corrected chi connectivity index (χ1v) is 9.30. The van der Waals surface area contributed by atoms with Crippen molar-refractivity contribution in [3.8, 4) is 0 Å². The van der Waals surface area contributed by atoms with Gasteiger partial charge in [0.1, 0.15) is 0 Å². The maximum Gasteiger partial charge on any atom is 0.236 e. The molecule has 142 valence electrons. The quantitative estimate of drug-likeness (QED) is 0.607. The van der Waals surface area contributed by atoms with Gasteiger partial charge in [-0.05, 0) is 32.6 Å². The Morgan fingerprint density at radius 2 is 2.00 bits per heavy atom. The van der Waals surface area contributed by atoms with E-state index < -0.39 is 0 Å². The minimum Gasteiger partial charge on any atom is -0.383 e. The van der Waals surface area contributed by atoms with Crippen molar-refractivity contribution >= 4 is 18.3 Å². The van der Waals surface area contributed by atoms with Crippen LogP contribution in [0.5, 0.6) is 0 Å². The zero-order chi connectivity index (χ0) is 16.7. The highest BCUT2D eigenvalue weighted by Gasteiger charge is 2.59. The van der Waals surface area contributed by atoms with E-state index in [-0.39, 0.29) is 23.7 Å². The summed E-state index contributed by atoms with van der Waals surface area (Å²) in [6.45, 7) is 7.63. The first-order chi connectivity index (χ1) is 11.2. The lowest BCUT2D eigenvalue weighted by atomic mass is 9.60. The molecule has 2 fully saturated rings. The van der Waals surface area contributed by atoms with Crippen LogP contribution in [0.2, 0.25) is 0 Å². The van der Waals surface area contributed by atoms with Gasteiger partial charge in [0, 0.05) is 38.3 Å². The Hall–Kier alpha value is -0.360. The number of ether oxygens (including phenoxy) is 2. The molecule has 0 bridgehead atoms. The highest BCUT2D eigenvalue weighted by Crippen LogP contribution is 2.56. The van der Waals surface area contributed by atoms with E-state index in [0.29, 0.717) is 25.3 Å². The van der Waals surface area contributed by atoms with Crippen molar-refractivity contribution in [1.82, 2.24) is 10.2 Å². The molecule has 0 aromatic rings. The summed E-state index contributed by atoms with van der Waals surface area (Å²) in [6.07, 6.45) is 7.36. The normalized spacial score (nSPS) is 24.5. The maximum absolute atomic E-state index is 12.7. The second-order valence-electron chi connectivity index (χ2n) is 6.89. The van der Waals surface area contributed by atoms with Gasteiger partial charge in [0.05, 0.1) is 19.3 Å². The van der Waals surface area contributed by atoms with Crippen LogP contribution in [-0.2, 0) is 14.3 Å². The number of amides is 1. The summed E-state index contributed by atoms with van der Waals surface area (Å²) in [5, 5.41) is 3.20. The van der Waals surface area contributed by atoms with E-state index in [0.717, 1.165) is 32.5 Å². The van der Waals surface area contributed by atoms with Crippen LogP contribution in [0, 0.1) is 5.41 Å². The smallest absolute Gasteiger partial charge is 0.236 e. The first-order valence-electron chi connectivity index (χ1n) is 9.30. The molecular weight excluding hydrogens is 328 g/mol. The largest absolute Gasteiger partial charge is 0.383 e. The standard InChI is InChI=1S/C18H34N2O3.ClH/c1-4-11-20(17(21)14-19-10-12-22-3)15-13-16(23-5-2)18(15)8-6-7-9-18;/h15-16,19H,4-14H2,1-3H3;1H. The Labute approximate surface area is 153 Å². The van der Waals surface area contributed by atoms with Gasteiger partial charge in [-0.2, -0.15) is 0 Å². The van der Waals surface area contributed by atoms with Gasteiger partial charge >= 0.3 is 0 Å². The monoisotopic (exact) mass is 362 g/mol. The van der Waals surface area contributed by atoms with Crippen LogP contribution in [0.4, 0.5) is 0 Å². The molecule has 5 nitrogen and oxygen atoms in total. The van der Waals surface area contributed by atoms with Crippen molar-refractivity contribution in [2.24, 2.45) is 5.41 Å². The summed E-state index contributed by atoms with van der Waals surface area (Å²) in [4.78, 5) is 14.9. The number of methoxy groups -OCH3 is 1. The molecule has 1 amide bonds. The van der Waals surface area contributed by atoms with E-state index in [1.807, 2.05) is 0 Å². The lowest BCUT2D eigenvalue weighted by molar-refractivity contribution is -0.175. The molecule has 1 spiro atoms. The maximum atomic E-state index is 12.7. The third-order valence-corrected chi connectivity index (χ3v) is 5.56. The predicted molar refractivity (Wildman–Crippen MR) is 98.7 cm³/mol. The zero-order valence-corrected chi connectivity index (χ0v) is 16.3. The van der Waals surface area contributed by atoms with Gasteiger partial charge in [0.2, 0.25) is 5.91 Å². The lowest BCUT2D eigenvalue weighted by Gasteiger charge is -2.57. The Balaban J connectivity index is 0.00000288. The highest BCUT2D eigenvalue weighted by atomic mass is 35.5. The molecule has 0 heterocycles. The molecule has 2 rings (SSSR count). The molecule has 2 aliphatic carbocycles. The molecule has 0 radical (unpaired) electrons. The SMILES string of the molecule is CCCN(C(=O)CNCCOC)C1CC(OCC)C12CCCC2.Cl. The molecule has 6 heteroatoms. The summed E-state index contributed by atoms with van der Waals surface area (Å²) >= 11 is 0. The third kappa shape index (κ3) is 4.63. The highest BCUT2D eigenvalue weighted by molar-refractivity contribution is 5.85. The third-order valence-electron chi connectivity index (χ3n) is 5.56. The lowest BCUT2D eigenvalue weighted by Crippen LogP contribution is -2.65. The molecule has 0 aromatic carbocycles. The van der Waals surface area contributed by atoms with Crippen LogP contribution in [0.1, 0.15) is 52.4 Å². The van der Waals surface area contributed by atoms with Crippen LogP contribution in [0.25, 0.3) is 0 Å². The van der Waals surface area contributed by atoms with Crippen molar-refractivity contribution in [3.05, 3.63) is 0 Å². The topological polar surface area (TPSA) is 50.8 Å². The van der Waals surface area contributed by atoms with Crippen molar-refractivity contribution < 1.29 is 14.3 Å². The van der Waals surface area contributed by atoms with Crippen LogP contribution in [0.15, 0.2) is 0 Å². The van der Waals surface area contributed by atoms with Gasteiger partial charge in [-0.3, -0.25) is 4.79 Å². The second kappa shape index (κ2) is 10.6. The van der Waals surface area contributed by atoms with E-state index in [1.165, 1.54) is 25.7 Å². The first kappa shape index (κ1) is 21.7. The Morgan fingerprint density at radius 1 is 1.29 bits per heavy atom. The Morgan fingerprint density at radius 3 is 2.58 bits per heavy atom. The van der Waals surface area contributed by atoms with Gasteiger partial charge in [-0.1, -0.05) is 19.8 Å². The fraction of sp³-hybridized carbons (Fsp3) is 0.944. The molecule has 0 aromatic heterocycles. The summed E-state index contributed by atoms with van der Waals surface area (Å²) in [6, 6.07) is 0.373. The molecule has 0 aliphatic heterocycles. The molecule has 24 heavy (non-hydrogen) atoms. The van der Waals surface area contributed by atoms with Crippen molar-refractivity contribution in [1.29, 1.82) is 0 Å². The number of carbonyl (C=O) groups is 1. The summed E-state index contributed by atoms with van der Waals surface area (Å²) in [5.41, 5.74) is 0.230. The van der Waals surface area contributed by atoms with Crippen LogP contribution in [-0.4, -0.2) is 62.9 Å². The second-order valence-corrected chi connectivity index (χ2v) is 6.89. The predicted octanol–water partition coefficient (Wildman–Crippen LogP) is 2.62. The van der Waals surface area contributed by atoms with Crippen molar-refractivity contribution in [2.45, 2.75) is 64.5 Å². The van der Waals surface area contributed by atoms with Gasteiger partial charge in [0.25, 0.3) is 0 Å². The van der Waals surface area contributed by atoms with E-state index in [9.17, 15) is 4.79 Å². The minimum absolute atomic E-state index is 0. The summed E-state index contributed by atoms with van der Waals surface area (Å²) < 4.78 is 11.0. The number of rotatable bonds is 10. The van der Waals surface area contributed by atoms with Crippen LogP contribution in [0.3, 0.4) is 0 Å². The summed E-state index contributed by atoms with van der Waals surface area (Å²) in [7, 11) is 1.68. The molecule has 0 saturated heterocycles. The molecule has 2 saturated carbocycles. The number of nitrogens with one attached hydrogen (secondary N) is 1. The van der Waals surface area contributed by atoms with E-state index >= 15 is 0 Å². The fourth-order valence-corrected chi connectivity index (χ4v) is 4.45. The number of nitrogens with zero attached hydrogens (tertiary/aromatic N) is 1. The minimum atomic E-state index is 0. The Bertz CT molecular complexity index is 375. The van der Waals surface area contributed by atoms with Crippen molar-refractivity contribution in [3.63, 3.8) is 0 Å².